The number of halogens is 4. The third-order valence-corrected chi connectivity index (χ3v) is 8.46. The van der Waals surface area contributed by atoms with E-state index in [9.17, 15) is 35.6 Å². The Bertz CT molecular complexity index is 1560. The summed E-state index contributed by atoms with van der Waals surface area (Å²) in [6.45, 7) is 1.28. The number of alkyl halides is 3. The largest absolute Gasteiger partial charge is 0.486 e. The molecule has 3 aromatic rings. The number of carbonyl (C=O) groups excluding carboxylic acids is 2. The fraction of sp³-hybridized carbons (Fsp3) is 0.333. The van der Waals surface area contributed by atoms with Gasteiger partial charge in [-0.05, 0) is 67.8 Å². The predicted octanol–water partition coefficient (Wildman–Crippen LogP) is 5.73. The number of esters is 2. The summed E-state index contributed by atoms with van der Waals surface area (Å²) in [4.78, 5) is 24.5. The molecule has 1 heterocycles. The number of rotatable bonds is 10. The zero-order valence-electron chi connectivity index (χ0n) is 23.3. The average molecular weight is 624 g/mol. The Morgan fingerprint density at radius 2 is 1.63 bits per heavy atom. The Hall–Kier alpha value is -4.13. The van der Waals surface area contributed by atoms with Gasteiger partial charge in [-0.1, -0.05) is 36.4 Å². The van der Waals surface area contributed by atoms with Gasteiger partial charge in [-0.25, -0.2) is 12.8 Å². The molecule has 1 atom stereocenters. The lowest BCUT2D eigenvalue weighted by atomic mass is 10.1. The van der Waals surface area contributed by atoms with Crippen molar-refractivity contribution in [2.24, 2.45) is 0 Å². The molecule has 1 aliphatic heterocycles. The van der Waals surface area contributed by atoms with Crippen molar-refractivity contribution < 1.29 is 49.8 Å². The van der Waals surface area contributed by atoms with Gasteiger partial charge < -0.3 is 14.2 Å². The van der Waals surface area contributed by atoms with Crippen LogP contribution in [0.2, 0.25) is 0 Å². The van der Waals surface area contributed by atoms with Gasteiger partial charge in [-0.3, -0.25) is 13.9 Å². The lowest BCUT2D eigenvalue weighted by Crippen LogP contribution is -2.44. The first kappa shape index (κ1) is 31.8. The van der Waals surface area contributed by atoms with Crippen molar-refractivity contribution >= 4 is 27.6 Å². The zero-order chi connectivity index (χ0) is 31.4. The molecule has 0 spiro atoms. The minimum atomic E-state index is -4.80. The molecule has 0 bridgehead atoms. The minimum Gasteiger partial charge on any atom is -0.486 e. The van der Waals surface area contributed by atoms with Crippen LogP contribution in [0.1, 0.15) is 37.8 Å². The van der Waals surface area contributed by atoms with Crippen molar-refractivity contribution in [3.05, 3.63) is 89.7 Å². The molecule has 8 nitrogen and oxygen atoms in total. The van der Waals surface area contributed by atoms with Gasteiger partial charge >= 0.3 is 18.1 Å². The Morgan fingerprint density at radius 3 is 2.28 bits per heavy atom. The first-order valence-electron chi connectivity index (χ1n) is 13.2. The molecule has 0 unspecified atom stereocenters. The summed E-state index contributed by atoms with van der Waals surface area (Å²) in [5.74, 6) is -2.22. The fourth-order valence-corrected chi connectivity index (χ4v) is 5.71. The van der Waals surface area contributed by atoms with Gasteiger partial charge in [0, 0.05) is 6.42 Å². The molecule has 0 aliphatic carbocycles. The molecule has 3 aromatic carbocycles. The second-order valence-corrected chi connectivity index (χ2v) is 12.2. The van der Waals surface area contributed by atoms with E-state index in [0.29, 0.717) is 0 Å². The molecule has 13 heteroatoms. The number of hydrogen-bond donors (Lipinski definition) is 0. The summed E-state index contributed by atoms with van der Waals surface area (Å²) in [7, 11) is -4.30. The monoisotopic (exact) mass is 623 g/mol. The van der Waals surface area contributed by atoms with Crippen LogP contribution in [0.5, 0.6) is 5.75 Å². The van der Waals surface area contributed by atoms with Gasteiger partial charge in [-0.2, -0.15) is 13.2 Å². The molecule has 0 fully saturated rings. The molecule has 0 radical (unpaired) electrons. The van der Waals surface area contributed by atoms with E-state index in [2.05, 4.69) is 4.74 Å². The summed E-state index contributed by atoms with van der Waals surface area (Å²) >= 11 is 0. The standard InChI is InChI=1S/C30H29F4NO7S/c1-29(2,30(32,33)34)42-28(37)17-21-8-14-26-25(16-21)35(43(38,39)24-12-9-22(31)10-13-24)18-23(41-26)11-15-27(36)40-19-20-6-4-3-5-7-20/h3-10,12-14,16,23H,11,15,17-19H2,1-2H3/t23-/m0/s1. The molecular weight excluding hydrogens is 594 g/mol. The first-order valence-corrected chi connectivity index (χ1v) is 14.7. The number of fused-ring (bicyclic) bond motifs is 1. The van der Waals surface area contributed by atoms with Gasteiger partial charge in [0.15, 0.2) is 0 Å². The number of hydrogen-bond acceptors (Lipinski definition) is 7. The number of nitrogens with zero attached hydrogens (tertiary/aromatic N) is 1. The third-order valence-electron chi connectivity index (χ3n) is 6.67. The summed E-state index contributed by atoms with van der Waals surface area (Å²) < 4.78 is 97.3. The minimum absolute atomic E-state index is 0.0209. The molecule has 0 aromatic heterocycles. The smallest absolute Gasteiger partial charge is 0.427 e. The van der Waals surface area contributed by atoms with Crippen LogP contribution in [0.3, 0.4) is 0 Å². The van der Waals surface area contributed by atoms with Gasteiger partial charge in [0.05, 0.1) is 23.5 Å². The normalized spacial score (nSPS) is 15.3. The van der Waals surface area contributed by atoms with Crippen LogP contribution in [0.4, 0.5) is 23.2 Å². The molecule has 0 N–H and O–H groups in total. The quantitative estimate of drug-likeness (QED) is 0.210. The number of anilines is 1. The van der Waals surface area contributed by atoms with E-state index >= 15 is 0 Å². The van der Waals surface area contributed by atoms with Crippen molar-refractivity contribution in [1.29, 1.82) is 0 Å². The summed E-state index contributed by atoms with van der Waals surface area (Å²) in [5, 5.41) is 0. The van der Waals surface area contributed by atoms with E-state index in [1.807, 2.05) is 18.2 Å². The molecule has 0 saturated heterocycles. The Morgan fingerprint density at radius 1 is 0.953 bits per heavy atom. The third kappa shape index (κ3) is 7.83. The number of ether oxygens (including phenoxy) is 3. The Labute approximate surface area is 246 Å². The maximum atomic E-state index is 13.7. The average Bonchev–Trinajstić information content (AvgIpc) is 2.94. The van der Waals surface area contributed by atoms with E-state index in [-0.39, 0.29) is 47.9 Å². The van der Waals surface area contributed by atoms with Gasteiger partial charge in [0.25, 0.3) is 10.0 Å². The summed E-state index contributed by atoms with van der Waals surface area (Å²) in [6, 6.07) is 17.3. The number of benzene rings is 3. The highest BCUT2D eigenvalue weighted by Crippen LogP contribution is 2.39. The van der Waals surface area contributed by atoms with Gasteiger partial charge in [0.1, 0.15) is 24.3 Å². The van der Waals surface area contributed by atoms with Gasteiger partial charge in [0.2, 0.25) is 5.60 Å². The molecule has 0 amide bonds. The lowest BCUT2D eigenvalue weighted by molar-refractivity contribution is -0.257. The van der Waals surface area contributed by atoms with Crippen LogP contribution in [-0.2, 0) is 42.1 Å². The van der Waals surface area contributed by atoms with E-state index in [0.717, 1.165) is 48.0 Å². The van der Waals surface area contributed by atoms with Crippen molar-refractivity contribution in [2.45, 2.75) is 62.5 Å². The molecule has 230 valence electrons. The van der Waals surface area contributed by atoms with Gasteiger partial charge in [-0.15, -0.1) is 0 Å². The fourth-order valence-electron chi connectivity index (χ4n) is 4.21. The van der Waals surface area contributed by atoms with Crippen molar-refractivity contribution in [2.75, 3.05) is 10.8 Å². The molecular formula is C30H29F4NO7S. The molecule has 0 saturated carbocycles. The number of sulfonamides is 1. The highest BCUT2D eigenvalue weighted by molar-refractivity contribution is 7.92. The zero-order valence-corrected chi connectivity index (χ0v) is 24.1. The van der Waals surface area contributed by atoms with Crippen LogP contribution in [0.15, 0.2) is 77.7 Å². The Kier molecular flexibility index (Phi) is 9.33. The highest BCUT2D eigenvalue weighted by atomic mass is 32.2. The van der Waals surface area contributed by atoms with Crippen LogP contribution < -0.4 is 9.04 Å². The topological polar surface area (TPSA) is 99.2 Å². The van der Waals surface area contributed by atoms with E-state index < -0.39 is 52.1 Å². The van der Waals surface area contributed by atoms with Crippen LogP contribution in [-0.4, -0.2) is 44.8 Å². The van der Waals surface area contributed by atoms with Crippen LogP contribution >= 0.6 is 0 Å². The first-order chi connectivity index (χ1) is 20.2. The SMILES string of the molecule is CC(C)(OC(=O)Cc1ccc2c(c1)N(S(=O)(=O)c1ccc(F)cc1)C[C@H](CCC(=O)OCc1ccccc1)O2)C(F)(F)F. The molecule has 1 aliphatic rings. The second-order valence-electron chi connectivity index (χ2n) is 10.4. The highest BCUT2D eigenvalue weighted by Gasteiger charge is 2.50. The van der Waals surface area contributed by atoms with E-state index in [1.54, 1.807) is 12.1 Å². The molecule has 4 rings (SSSR count). The second kappa shape index (κ2) is 12.6. The van der Waals surface area contributed by atoms with Crippen molar-refractivity contribution in [1.82, 2.24) is 0 Å². The van der Waals surface area contributed by atoms with E-state index in [4.69, 9.17) is 9.47 Å². The predicted molar refractivity (Wildman–Crippen MR) is 147 cm³/mol. The maximum absolute atomic E-state index is 13.7. The van der Waals surface area contributed by atoms with E-state index in [1.165, 1.54) is 18.2 Å². The van der Waals surface area contributed by atoms with Crippen LogP contribution in [0.25, 0.3) is 0 Å². The number of carbonyl (C=O) groups is 2. The molecule has 43 heavy (non-hydrogen) atoms. The summed E-state index contributed by atoms with van der Waals surface area (Å²) in [5.41, 5.74) is -1.73. The van der Waals surface area contributed by atoms with Crippen molar-refractivity contribution in [3.63, 3.8) is 0 Å². The summed E-state index contributed by atoms with van der Waals surface area (Å²) in [6.07, 6.45) is -6.13. The maximum Gasteiger partial charge on any atom is 0.427 e. The lowest BCUT2D eigenvalue weighted by Gasteiger charge is -2.36. The Balaban J connectivity index is 1.54. The van der Waals surface area contributed by atoms with Crippen LogP contribution in [0, 0.1) is 5.82 Å². The van der Waals surface area contributed by atoms with Crippen molar-refractivity contribution in [3.8, 4) is 5.75 Å².